The molecule has 0 heterocycles. The van der Waals surface area contributed by atoms with Crippen LogP contribution in [0.15, 0.2) is 18.2 Å². The summed E-state index contributed by atoms with van der Waals surface area (Å²) in [5.41, 5.74) is 0.683. The number of aliphatic hydroxyl groups is 1. The molecule has 1 atom stereocenters. The lowest BCUT2D eigenvalue weighted by Gasteiger charge is -2.29. The van der Waals surface area contributed by atoms with Crippen molar-refractivity contribution in [2.75, 3.05) is 11.9 Å². The van der Waals surface area contributed by atoms with Gasteiger partial charge in [-0.1, -0.05) is 6.92 Å². The number of hydrogen-bond acceptors (Lipinski definition) is 2. The van der Waals surface area contributed by atoms with Crippen molar-refractivity contribution in [1.82, 2.24) is 5.32 Å². The number of nitrogens with one attached hydrogen (secondary N) is 2. The number of benzene rings is 1. The fraction of sp³-hybridized carbons (Fsp3) is 0.500. The van der Waals surface area contributed by atoms with Crippen molar-refractivity contribution in [2.45, 2.75) is 39.2 Å². The number of hydrogen-bond donors (Lipinski definition) is 3. The van der Waals surface area contributed by atoms with Crippen molar-refractivity contribution in [2.24, 2.45) is 0 Å². The number of urea groups is 1. The number of aliphatic hydroxyl groups excluding tert-OH is 1. The Kier molecular flexibility index (Phi) is 5.30. The first-order chi connectivity index (χ1) is 8.88. The van der Waals surface area contributed by atoms with Crippen LogP contribution >= 0.6 is 0 Å². The minimum Gasteiger partial charge on any atom is -0.396 e. The molecule has 3 N–H and O–H groups in total. The fourth-order valence-electron chi connectivity index (χ4n) is 1.82. The van der Waals surface area contributed by atoms with Crippen molar-refractivity contribution in [3.8, 4) is 0 Å². The largest absolute Gasteiger partial charge is 0.396 e. The second-order valence-corrected chi connectivity index (χ2v) is 4.98. The number of anilines is 1. The molecule has 5 heteroatoms. The van der Waals surface area contributed by atoms with Crippen LogP contribution in [-0.2, 0) is 0 Å². The van der Waals surface area contributed by atoms with Crippen LogP contribution in [0.25, 0.3) is 0 Å². The van der Waals surface area contributed by atoms with E-state index >= 15 is 0 Å². The average molecular weight is 268 g/mol. The molecule has 19 heavy (non-hydrogen) atoms. The first-order valence-corrected chi connectivity index (χ1v) is 6.36. The van der Waals surface area contributed by atoms with Gasteiger partial charge in [-0.15, -0.1) is 0 Å². The van der Waals surface area contributed by atoms with Crippen LogP contribution in [0.5, 0.6) is 0 Å². The molecule has 1 aromatic carbocycles. The van der Waals surface area contributed by atoms with E-state index in [2.05, 4.69) is 10.6 Å². The standard InChI is InChI=1S/C14H21FN2O2/c1-4-14(3,5-6-18)17-13(19)16-12-8-10(2)7-11(15)9-12/h7-9,18H,4-6H2,1-3H3,(H2,16,17,19). The summed E-state index contributed by atoms with van der Waals surface area (Å²) in [6.07, 6.45) is 1.17. The van der Waals surface area contributed by atoms with Crippen molar-refractivity contribution < 1.29 is 14.3 Å². The maximum absolute atomic E-state index is 13.2. The lowest BCUT2D eigenvalue weighted by Crippen LogP contribution is -2.48. The Labute approximate surface area is 113 Å². The Morgan fingerprint density at radius 2 is 2.11 bits per heavy atom. The Balaban J connectivity index is 2.69. The van der Waals surface area contributed by atoms with Crippen LogP contribution in [0.4, 0.5) is 14.9 Å². The van der Waals surface area contributed by atoms with Crippen LogP contribution in [0, 0.1) is 12.7 Å². The van der Waals surface area contributed by atoms with Crippen molar-refractivity contribution >= 4 is 11.7 Å². The molecule has 0 aromatic heterocycles. The molecule has 0 spiro atoms. The number of halogens is 1. The predicted octanol–water partition coefficient (Wildman–Crippen LogP) is 2.81. The third kappa shape index (κ3) is 4.87. The molecule has 0 saturated heterocycles. The Bertz CT molecular complexity index is 431. The summed E-state index contributed by atoms with van der Waals surface area (Å²) in [4.78, 5) is 11.9. The van der Waals surface area contributed by atoms with Crippen LogP contribution in [0.3, 0.4) is 0 Å². The molecule has 1 rings (SSSR count). The van der Waals surface area contributed by atoms with Gasteiger partial charge < -0.3 is 15.7 Å². The van der Waals surface area contributed by atoms with Crippen LogP contribution in [0.1, 0.15) is 32.3 Å². The zero-order valence-electron chi connectivity index (χ0n) is 11.6. The van der Waals surface area contributed by atoms with E-state index in [9.17, 15) is 9.18 Å². The van der Waals surface area contributed by atoms with Crippen LogP contribution < -0.4 is 10.6 Å². The Morgan fingerprint density at radius 3 is 2.63 bits per heavy atom. The summed E-state index contributed by atoms with van der Waals surface area (Å²) in [6.45, 7) is 5.56. The summed E-state index contributed by atoms with van der Waals surface area (Å²) >= 11 is 0. The highest BCUT2D eigenvalue weighted by molar-refractivity contribution is 5.89. The SMILES string of the molecule is CCC(C)(CCO)NC(=O)Nc1cc(C)cc(F)c1. The molecule has 1 unspecified atom stereocenters. The van der Waals surface area contributed by atoms with Gasteiger partial charge in [0.25, 0.3) is 0 Å². The van der Waals surface area contributed by atoms with Gasteiger partial charge in [0.1, 0.15) is 5.82 Å². The lowest BCUT2D eigenvalue weighted by molar-refractivity contribution is 0.208. The summed E-state index contributed by atoms with van der Waals surface area (Å²) in [5.74, 6) is -0.385. The van der Waals surface area contributed by atoms with Crippen molar-refractivity contribution in [1.29, 1.82) is 0 Å². The minimum atomic E-state index is -0.471. The topological polar surface area (TPSA) is 61.4 Å². The molecule has 1 aromatic rings. The molecule has 0 aliphatic carbocycles. The first-order valence-electron chi connectivity index (χ1n) is 6.36. The van der Waals surface area contributed by atoms with E-state index in [-0.39, 0.29) is 12.4 Å². The molecular formula is C14H21FN2O2. The fourth-order valence-corrected chi connectivity index (χ4v) is 1.82. The summed E-state index contributed by atoms with van der Waals surface area (Å²) in [7, 11) is 0. The molecule has 0 bridgehead atoms. The maximum atomic E-state index is 13.2. The minimum absolute atomic E-state index is 0.00366. The lowest BCUT2D eigenvalue weighted by atomic mass is 9.95. The van der Waals surface area contributed by atoms with Gasteiger partial charge in [0.2, 0.25) is 0 Å². The summed E-state index contributed by atoms with van der Waals surface area (Å²) in [5, 5.41) is 14.4. The van der Waals surface area contributed by atoms with Gasteiger partial charge in [0, 0.05) is 17.8 Å². The normalized spacial score (nSPS) is 13.7. The van der Waals surface area contributed by atoms with Gasteiger partial charge in [0.05, 0.1) is 0 Å². The third-order valence-corrected chi connectivity index (χ3v) is 3.16. The second-order valence-electron chi connectivity index (χ2n) is 4.98. The van der Waals surface area contributed by atoms with Crippen LogP contribution in [-0.4, -0.2) is 23.3 Å². The number of amides is 2. The Morgan fingerprint density at radius 1 is 1.42 bits per heavy atom. The predicted molar refractivity (Wildman–Crippen MR) is 73.7 cm³/mol. The van der Waals surface area contributed by atoms with Gasteiger partial charge in [-0.2, -0.15) is 0 Å². The summed E-state index contributed by atoms with van der Waals surface area (Å²) in [6, 6.07) is 3.95. The van der Waals surface area contributed by atoms with Crippen LogP contribution in [0.2, 0.25) is 0 Å². The van der Waals surface area contributed by atoms with E-state index in [0.717, 1.165) is 5.56 Å². The van der Waals surface area contributed by atoms with E-state index in [4.69, 9.17) is 5.11 Å². The number of aryl methyl sites for hydroxylation is 1. The number of rotatable bonds is 5. The molecule has 4 nitrogen and oxygen atoms in total. The Hall–Kier alpha value is -1.62. The highest BCUT2D eigenvalue weighted by atomic mass is 19.1. The molecule has 0 aliphatic heterocycles. The molecule has 2 amide bonds. The second kappa shape index (κ2) is 6.52. The number of carbonyl (C=O) groups is 1. The third-order valence-electron chi connectivity index (χ3n) is 3.16. The quantitative estimate of drug-likeness (QED) is 0.769. The zero-order valence-corrected chi connectivity index (χ0v) is 11.6. The highest BCUT2D eigenvalue weighted by Crippen LogP contribution is 2.16. The smallest absolute Gasteiger partial charge is 0.319 e. The monoisotopic (exact) mass is 268 g/mol. The zero-order chi connectivity index (χ0) is 14.5. The first kappa shape index (κ1) is 15.4. The van der Waals surface area contributed by atoms with Gasteiger partial charge in [-0.3, -0.25) is 0 Å². The van der Waals surface area contributed by atoms with E-state index < -0.39 is 11.6 Å². The van der Waals surface area contributed by atoms with E-state index in [0.29, 0.717) is 18.5 Å². The molecule has 0 saturated carbocycles. The molecular weight excluding hydrogens is 247 g/mol. The van der Waals surface area contributed by atoms with Gasteiger partial charge >= 0.3 is 6.03 Å². The highest BCUT2D eigenvalue weighted by Gasteiger charge is 2.23. The summed E-state index contributed by atoms with van der Waals surface area (Å²) < 4.78 is 13.2. The van der Waals surface area contributed by atoms with Gasteiger partial charge in [-0.25, -0.2) is 9.18 Å². The van der Waals surface area contributed by atoms with E-state index in [1.165, 1.54) is 12.1 Å². The maximum Gasteiger partial charge on any atom is 0.319 e. The van der Waals surface area contributed by atoms with Gasteiger partial charge in [0.15, 0.2) is 0 Å². The van der Waals surface area contributed by atoms with Gasteiger partial charge in [-0.05, 0) is 50.5 Å². The average Bonchev–Trinajstić information content (AvgIpc) is 2.27. The van der Waals surface area contributed by atoms with Crippen molar-refractivity contribution in [3.05, 3.63) is 29.6 Å². The van der Waals surface area contributed by atoms with E-state index in [1.54, 1.807) is 13.0 Å². The number of carbonyl (C=O) groups excluding carboxylic acids is 1. The molecule has 0 radical (unpaired) electrons. The van der Waals surface area contributed by atoms with E-state index in [1.807, 2.05) is 13.8 Å². The molecule has 106 valence electrons. The molecule has 0 aliphatic rings. The van der Waals surface area contributed by atoms with Crippen molar-refractivity contribution in [3.63, 3.8) is 0 Å². The molecule has 0 fully saturated rings.